The molecule has 0 spiro atoms. The number of nitrogens with zero attached hydrogens (tertiary/aromatic N) is 1. The van der Waals surface area contributed by atoms with Crippen molar-refractivity contribution < 1.29 is 9.59 Å². The van der Waals surface area contributed by atoms with E-state index >= 15 is 0 Å². The lowest BCUT2D eigenvalue weighted by atomic mass is 10.1. The van der Waals surface area contributed by atoms with Crippen LogP contribution >= 0.6 is 23.2 Å². The van der Waals surface area contributed by atoms with Gasteiger partial charge < -0.3 is 15.6 Å². The van der Waals surface area contributed by atoms with Crippen LogP contribution in [-0.4, -0.2) is 21.8 Å². The highest BCUT2D eigenvalue weighted by atomic mass is 35.5. The first-order valence-corrected chi connectivity index (χ1v) is 11.9. The van der Waals surface area contributed by atoms with Crippen molar-refractivity contribution in [3.63, 3.8) is 0 Å². The molecule has 6 nitrogen and oxygen atoms in total. The van der Waals surface area contributed by atoms with Crippen molar-refractivity contribution in [2.75, 3.05) is 10.6 Å². The van der Waals surface area contributed by atoms with Crippen molar-refractivity contribution in [1.29, 1.82) is 0 Å². The van der Waals surface area contributed by atoms with Crippen LogP contribution in [0.5, 0.6) is 0 Å². The molecule has 1 fully saturated rings. The Labute approximate surface area is 206 Å². The summed E-state index contributed by atoms with van der Waals surface area (Å²) in [6, 6.07) is 18.0. The number of carbonyl (C=O) groups excluding carboxylic acids is 2. The first-order valence-electron chi connectivity index (χ1n) is 11.1. The van der Waals surface area contributed by atoms with Gasteiger partial charge in [-0.15, -0.1) is 0 Å². The van der Waals surface area contributed by atoms with E-state index in [1.807, 2.05) is 36.4 Å². The molecule has 4 aromatic rings. The van der Waals surface area contributed by atoms with Gasteiger partial charge in [-0.05, 0) is 67.4 Å². The van der Waals surface area contributed by atoms with E-state index < -0.39 is 0 Å². The lowest BCUT2D eigenvalue weighted by molar-refractivity contribution is -0.119. The average molecular weight is 493 g/mol. The van der Waals surface area contributed by atoms with E-state index in [1.54, 1.807) is 24.3 Å². The maximum atomic E-state index is 12.7. The number of imidazole rings is 1. The zero-order chi connectivity index (χ0) is 23.7. The molecule has 1 aromatic heterocycles. The Morgan fingerprint density at radius 2 is 1.56 bits per heavy atom. The van der Waals surface area contributed by atoms with Crippen LogP contribution < -0.4 is 10.6 Å². The van der Waals surface area contributed by atoms with E-state index in [9.17, 15) is 9.59 Å². The van der Waals surface area contributed by atoms with Crippen molar-refractivity contribution in [2.24, 2.45) is 5.92 Å². The molecule has 0 aliphatic heterocycles. The number of hydrogen-bond donors (Lipinski definition) is 3. The minimum atomic E-state index is -0.384. The second-order valence-corrected chi connectivity index (χ2v) is 9.23. The second kappa shape index (κ2) is 9.49. The number of carbonyl (C=O) groups is 2. The van der Waals surface area contributed by atoms with Crippen LogP contribution in [0.1, 0.15) is 36.0 Å². The first-order chi connectivity index (χ1) is 16.5. The summed E-state index contributed by atoms with van der Waals surface area (Å²) in [6.45, 7) is 0. The number of benzene rings is 3. The van der Waals surface area contributed by atoms with Gasteiger partial charge in [-0.25, -0.2) is 4.98 Å². The molecule has 1 aliphatic carbocycles. The molecule has 0 radical (unpaired) electrons. The van der Waals surface area contributed by atoms with Crippen LogP contribution in [0.4, 0.5) is 11.4 Å². The molecule has 2 amide bonds. The van der Waals surface area contributed by atoms with E-state index in [1.165, 1.54) is 0 Å². The van der Waals surface area contributed by atoms with Crippen molar-refractivity contribution in [1.82, 2.24) is 9.97 Å². The Bertz CT molecular complexity index is 1360. The molecule has 0 unspecified atom stereocenters. The summed E-state index contributed by atoms with van der Waals surface area (Å²) in [4.78, 5) is 33.0. The highest BCUT2D eigenvalue weighted by molar-refractivity contribution is 6.40. The quantitative estimate of drug-likeness (QED) is 0.282. The third-order valence-corrected chi connectivity index (χ3v) is 6.71. The third-order valence-electron chi connectivity index (χ3n) is 6.08. The fourth-order valence-corrected chi connectivity index (χ4v) is 4.85. The average Bonchev–Trinajstić information content (AvgIpc) is 3.49. The minimum Gasteiger partial charge on any atom is -0.338 e. The van der Waals surface area contributed by atoms with Gasteiger partial charge in [0.2, 0.25) is 5.91 Å². The Balaban J connectivity index is 1.31. The number of halogens is 2. The van der Waals surface area contributed by atoms with Gasteiger partial charge in [0, 0.05) is 22.9 Å². The predicted octanol–water partition coefficient (Wildman–Crippen LogP) is 6.92. The Kier molecular flexibility index (Phi) is 6.26. The number of nitrogens with one attached hydrogen (secondary N) is 3. The molecule has 3 N–H and O–H groups in total. The van der Waals surface area contributed by atoms with Gasteiger partial charge in [-0.3, -0.25) is 9.59 Å². The largest absolute Gasteiger partial charge is 0.338 e. The van der Waals surface area contributed by atoms with Gasteiger partial charge in [0.15, 0.2) is 0 Å². The standard InChI is InChI=1S/C26H22Cl2N4O2/c27-19-6-3-7-20(28)23(19)26(34)30-18-12-13-21-22(14-18)32-24(31-21)15-8-10-17(11-9-15)29-25(33)16-4-1-2-5-16/h3,6-14,16H,1-2,4-5H2,(H,29,33)(H,30,34)(H,31,32). The molecule has 3 aromatic carbocycles. The predicted molar refractivity (Wildman–Crippen MR) is 137 cm³/mol. The van der Waals surface area contributed by atoms with E-state index in [0.29, 0.717) is 11.5 Å². The first kappa shape index (κ1) is 22.4. The van der Waals surface area contributed by atoms with Crippen molar-refractivity contribution in [3.8, 4) is 11.4 Å². The van der Waals surface area contributed by atoms with Crippen LogP contribution in [0, 0.1) is 5.92 Å². The van der Waals surface area contributed by atoms with Gasteiger partial charge in [0.05, 0.1) is 26.6 Å². The van der Waals surface area contributed by atoms with Gasteiger partial charge in [0.25, 0.3) is 5.91 Å². The topological polar surface area (TPSA) is 86.9 Å². The Hall–Kier alpha value is -3.35. The summed E-state index contributed by atoms with van der Waals surface area (Å²) < 4.78 is 0. The highest BCUT2D eigenvalue weighted by Crippen LogP contribution is 2.29. The molecule has 0 bridgehead atoms. The lowest BCUT2D eigenvalue weighted by Gasteiger charge is -2.10. The Morgan fingerprint density at radius 1 is 0.882 bits per heavy atom. The molecule has 172 valence electrons. The molecule has 8 heteroatoms. The van der Waals surface area contributed by atoms with Crippen LogP contribution in [0.15, 0.2) is 60.7 Å². The number of H-pyrrole nitrogens is 1. The van der Waals surface area contributed by atoms with Crippen LogP contribution in [0.2, 0.25) is 10.0 Å². The number of amides is 2. The van der Waals surface area contributed by atoms with Gasteiger partial charge in [0.1, 0.15) is 5.82 Å². The zero-order valence-electron chi connectivity index (χ0n) is 18.2. The normalized spacial score (nSPS) is 13.8. The molecule has 0 saturated heterocycles. The van der Waals surface area contributed by atoms with Crippen LogP contribution in [0.25, 0.3) is 22.4 Å². The van der Waals surface area contributed by atoms with Gasteiger partial charge >= 0.3 is 0 Å². The number of anilines is 2. The molecule has 0 atom stereocenters. The summed E-state index contributed by atoms with van der Waals surface area (Å²) in [7, 11) is 0. The van der Waals surface area contributed by atoms with Crippen molar-refractivity contribution in [3.05, 3.63) is 76.3 Å². The fraction of sp³-hybridized carbons (Fsp3) is 0.192. The summed E-state index contributed by atoms with van der Waals surface area (Å²) in [5.74, 6) is 0.534. The molecule has 5 rings (SSSR count). The smallest absolute Gasteiger partial charge is 0.258 e. The van der Waals surface area contributed by atoms with E-state index in [2.05, 4.69) is 20.6 Å². The minimum absolute atomic E-state index is 0.0987. The number of aromatic nitrogens is 2. The van der Waals surface area contributed by atoms with Gasteiger partial charge in [-0.2, -0.15) is 0 Å². The maximum absolute atomic E-state index is 12.7. The van der Waals surface area contributed by atoms with E-state index in [4.69, 9.17) is 23.2 Å². The fourth-order valence-electron chi connectivity index (χ4n) is 4.28. The molecule has 1 heterocycles. The van der Waals surface area contributed by atoms with Gasteiger partial charge in [-0.1, -0.05) is 42.1 Å². The number of hydrogen-bond acceptors (Lipinski definition) is 3. The number of rotatable bonds is 5. The summed E-state index contributed by atoms with van der Waals surface area (Å²) in [6.07, 6.45) is 4.19. The lowest BCUT2D eigenvalue weighted by Crippen LogP contribution is -2.20. The molecule has 34 heavy (non-hydrogen) atoms. The van der Waals surface area contributed by atoms with Crippen LogP contribution in [0.3, 0.4) is 0 Å². The van der Waals surface area contributed by atoms with Crippen molar-refractivity contribution >= 4 is 57.4 Å². The summed E-state index contributed by atoms with van der Waals surface area (Å²) in [5, 5.41) is 6.42. The highest BCUT2D eigenvalue weighted by Gasteiger charge is 2.22. The maximum Gasteiger partial charge on any atom is 0.258 e. The number of fused-ring (bicyclic) bond motifs is 1. The molecular formula is C26H22Cl2N4O2. The SMILES string of the molecule is O=C(Nc1ccc2nc(-c3ccc(NC(=O)C4CCCC4)cc3)[nH]c2c1)c1c(Cl)cccc1Cl. The second-order valence-electron chi connectivity index (χ2n) is 8.42. The zero-order valence-corrected chi connectivity index (χ0v) is 19.7. The van der Waals surface area contributed by atoms with E-state index in [0.717, 1.165) is 48.0 Å². The summed E-state index contributed by atoms with van der Waals surface area (Å²) in [5.41, 5.74) is 4.03. The summed E-state index contributed by atoms with van der Waals surface area (Å²) >= 11 is 12.3. The number of aromatic amines is 1. The molecular weight excluding hydrogens is 471 g/mol. The molecule has 1 saturated carbocycles. The Morgan fingerprint density at radius 3 is 2.26 bits per heavy atom. The van der Waals surface area contributed by atoms with Crippen molar-refractivity contribution in [2.45, 2.75) is 25.7 Å². The third kappa shape index (κ3) is 4.65. The van der Waals surface area contributed by atoms with Crippen LogP contribution in [-0.2, 0) is 4.79 Å². The van der Waals surface area contributed by atoms with E-state index in [-0.39, 0.29) is 33.3 Å². The molecule has 1 aliphatic rings. The monoisotopic (exact) mass is 492 g/mol.